The van der Waals surface area contributed by atoms with Gasteiger partial charge in [0, 0.05) is 16.7 Å². The molecule has 1 aromatic heterocycles. The molecule has 1 aromatic rings. The summed E-state index contributed by atoms with van der Waals surface area (Å²) in [7, 11) is 0. The lowest BCUT2D eigenvalue weighted by Gasteiger charge is -2.32. The number of nitrogens with one attached hydrogen (secondary N) is 1. The summed E-state index contributed by atoms with van der Waals surface area (Å²) < 4.78 is 10.7. The molecular formula is C16H23NO3S. The lowest BCUT2D eigenvalue weighted by atomic mass is 9.95. The minimum Gasteiger partial charge on any atom is -0.468 e. The molecule has 1 atom stereocenters. The van der Waals surface area contributed by atoms with E-state index in [1.165, 1.54) is 12.8 Å². The van der Waals surface area contributed by atoms with E-state index in [0.717, 1.165) is 23.5 Å². The van der Waals surface area contributed by atoms with Crippen molar-refractivity contribution in [2.45, 2.75) is 56.0 Å². The Morgan fingerprint density at radius 1 is 1.48 bits per heavy atom. The summed E-state index contributed by atoms with van der Waals surface area (Å²) in [5.74, 6) is 1.97. The number of carbonyl (C=O) groups is 1. The molecule has 3 rings (SSSR count). The Labute approximate surface area is 130 Å². The molecule has 5 heteroatoms. The monoisotopic (exact) mass is 309 g/mol. The highest BCUT2D eigenvalue weighted by atomic mass is 32.2. The number of rotatable bonds is 8. The molecule has 0 aliphatic heterocycles. The summed E-state index contributed by atoms with van der Waals surface area (Å²) in [5, 5.41) is 3.61. The normalized spacial score (nSPS) is 21.0. The Bertz CT molecular complexity index is 507. The largest absolute Gasteiger partial charge is 0.468 e. The van der Waals surface area contributed by atoms with Gasteiger partial charge in [-0.15, -0.1) is 11.8 Å². The average Bonchev–Trinajstić information content (AvgIpc) is 3.35. The molecule has 0 saturated heterocycles. The van der Waals surface area contributed by atoms with E-state index in [1.807, 2.05) is 19.9 Å². The van der Waals surface area contributed by atoms with Crippen molar-refractivity contribution in [1.29, 1.82) is 0 Å². The molecule has 0 spiro atoms. The predicted octanol–water partition coefficient (Wildman–Crippen LogP) is 3.14. The topological polar surface area (TPSA) is 51.5 Å². The van der Waals surface area contributed by atoms with Crippen LogP contribution in [0.4, 0.5) is 0 Å². The van der Waals surface area contributed by atoms with E-state index in [1.54, 1.807) is 18.0 Å². The van der Waals surface area contributed by atoms with Crippen LogP contribution in [0, 0.1) is 12.8 Å². The molecule has 0 amide bonds. The van der Waals surface area contributed by atoms with Crippen LogP contribution in [0.5, 0.6) is 0 Å². The van der Waals surface area contributed by atoms with E-state index in [2.05, 4.69) is 5.32 Å². The van der Waals surface area contributed by atoms with Crippen molar-refractivity contribution < 1.29 is 13.9 Å². The molecule has 1 N–H and O–H groups in total. The van der Waals surface area contributed by atoms with Crippen LogP contribution in [0.2, 0.25) is 0 Å². The van der Waals surface area contributed by atoms with Crippen LogP contribution >= 0.6 is 11.8 Å². The van der Waals surface area contributed by atoms with Crippen LogP contribution in [0.3, 0.4) is 0 Å². The molecule has 21 heavy (non-hydrogen) atoms. The quantitative estimate of drug-likeness (QED) is 0.590. The molecule has 0 bridgehead atoms. The Balaban J connectivity index is 1.76. The number of furan rings is 1. The first-order valence-electron chi connectivity index (χ1n) is 7.77. The first-order valence-corrected chi connectivity index (χ1v) is 8.76. The van der Waals surface area contributed by atoms with Crippen LogP contribution in [0.25, 0.3) is 0 Å². The molecule has 1 heterocycles. The second-order valence-corrected chi connectivity index (χ2v) is 7.03. The van der Waals surface area contributed by atoms with Gasteiger partial charge in [-0.1, -0.05) is 0 Å². The summed E-state index contributed by atoms with van der Waals surface area (Å²) in [6, 6.07) is 2.46. The van der Waals surface area contributed by atoms with E-state index < -0.39 is 5.54 Å². The molecule has 2 aliphatic rings. The van der Waals surface area contributed by atoms with Gasteiger partial charge in [0.05, 0.1) is 12.9 Å². The minimum absolute atomic E-state index is 0.0759. The predicted molar refractivity (Wildman–Crippen MR) is 82.4 cm³/mol. The fourth-order valence-corrected chi connectivity index (χ4v) is 3.93. The second-order valence-electron chi connectivity index (χ2n) is 6.01. The zero-order valence-corrected chi connectivity index (χ0v) is 13.5. The number of esters is 1. The van der Waals surface area contributed by atoms with Crippen molar-refractivity contribution >= 4 is 17.7 Å². The van der Waals surface area contributed by atoms with Crippen LogP contribution < -0.4 is 5.32 Å². The van der Waals surface area contributed by atoms with Gasteiger partial charge in [-0.2, -0.15) is 0 Å². The summed E-state index contributed by atoms with van der Waals surface area (Å²) >= 11 is 1.70. The zero-order chi connectivity index (χ0) is 14.9. The van der Waals surface area contributed by atoms with Crippen molar-refractivity contribution in [1.82, 2.24) is 5.32 Å². The van der Waals surface area contributed by atoms with E-state index in [0.29, 0.717) is 24.3 Å². The molecule has 2 fully saturated rings. The highest BCUT2D eigenvalue weighted by Crippen LogP contribution is 2.45. The number of hydrogen-bond donors (Lipinski definition) is 1. The van der Waals surface area contributed by atoms with Gasteiger partial charge >= 0.3 is 5.97 Å². The highest BCUT2D eigenvalue weighted by Gasteiger charge is 2.54. The van der Waals surface area contributed by atoms with Gasteiger partial charge < -0.3 is 9.15 Å². The van der Waals surface area contributed by atoms with Crippen molar-refractivity contribution in [3.8, 4) is 0 Å². The lowest BCUT2D eigenvalue weighted by molar-refractivity contribution is -0.151. The Hall–Kier alpha value is -0.940. The molecule has 2 aliphatic carbocycles. The van der Waals surface area contributed by atoms with Gasteiger partial charge in [0.2, 0.25) is 0 Å². The maximum absolute atomic E-state index is 12.6. The lowest BCUT2D eigenvalue weighted by Crippen LogP contribution is -2.58. The van der Waals surface area contributed by atoms with E-state index in [-0.39, 0.29) is 5.97 Å². The van der Waals surface area contributed by atoms with E-state index >= 15 is 0 Å². The summed E-state index contributed by atoms with van der Waals surface area (Å²) in [6.07, 6.45) is 6.27. The third-order valence-electron chi connectivity index (χ3n) is 4.22. The van der Waals surface area contributed by atoms with Crippen LogP contribution in [-0.4, -0.2) is 29.9 Å². The standard InChI is InChI=1S/C16H23NO3S/c1-3-19-15(18)16(12-4-5-12,17-13-6-7-13)10-21-14-8-9-20-11(14)2/h8-9,12-13,17H,3-7,10H2,1-2H3. The number of hydrogen-bond acceptors (Lipinski definition) is 5. The molecule has 2 saturated carbocycles. The van der Waals surface area contributed by atoms with Crippen molar-refractivity contribution in [2.75, 3.05) is 12.4 Å². The molecule has 0 aromatic carbocycles. The molecular weight excluding hydrogens is 286 g/mol. The SMILES string of the molecule is CCOC(=O)C(CSc1ccoc1C)(NC1CC1)C1CC1. The van der Waals surface area contributed by atoms with Crippen molar-refractivity contribution in [3.05, 3.63) is 18.1 Å². The summed E-state index contributed by atoms with van der Waals surface area (Å²) in [4.78, 5) is 13.7. The van der Waals surface area contributed by atoms with E-state index in [4.69, 9.17) is 9.15 Å². The first-order chi connectivity index (χ1) is 10.2. The van der Waals surface area contributed by atoms with Crippen molar-refractivity contribution in [3.63, 3.8) is 0 Å². The third kappa shape index (κ3) is 3.29. The van der Waals surface area contributed by atoms with Gasteiger partial charge in [-0.05, 0) is 51.5 Å². The van der Waals surface area contributed by atoms with Crippen LogP contribution in [-0.2, 0) is 9.53 Å². The fraction of sp³-hybridized carbons (Fsp3) is 0.688. The first kappa shape index (κ1) is 15.0. The van der Waals surface area contributed by atoms with Crippen LogP contribution in [0.15, 0.2) is 21.6 Å². The number of thioether (sulfide) groups is 1. The van der Waals surface area contributed by atoms with Gasteiger partial charge in [0.15, 0.2) is 0 Å². The second kappa shape index (κ2) is 6.05. The Kier molecular flexibility index (Phi) is 4.31. The molecule has 4 nitrogen and oxygen atoms in total. The van der Waals surface area contributed by atoms with Gasteiger partial charge in [-0.3, -0.25) is 10.1 Å². The minimum atomic E-state index is -0.522. The van der Waals surface area contributed by atoms with Crippen molar-refractivity contribution in [2.24, 2.45) is 5.92 Å². The number of carbonyl (C=O) groups excluding carboxylic acids is 1. The van der Waals surface area contributed by atoms with Gasteiger partial charge in [0.25, 0.3) is 0 Å². The van der Waals surface area contributed by atoms with Gasteiger partial charge in [0.1, 0.15) is 11.3 Å². The van der Waals surface area contributed by atoms with Gasteiger partial charge in [-0.25, -0.2) is 0 Å². The van der Waals surface area contributed by atoms with E-state index in [9.17, 15) is 4.79 Å². The Morgan fingerprint density at radius 2 is 2.24 bits per heavy atom. The molecule has 116 valence electrons. The average molecular weight is 309 g/mol. The smallest absolute Gasteiger partial charge is 0.327 e. The summed E-state index contributed by atoms with van der Waals surface area (Å²) in [6.45, 7) is 4.27. The Morgan fingerprint density at radius 3 is 2.76 bits per heavy atom. The maximum Gasteiger partial charge on any atom is 0.327 e. The fourth-order valence-electron chi connectivity index (χ4n) is 2.70. The zero-order valence-electron chi connectivity index (χ0n) is 12.7. The van der Waals surface area contributed by atoms with Crippen LogP contribution in [0.1, 0.15) is 38.4 Å². The highest BCUT2D eigenvalue weighted by molar-refractivity contribution is 7.99. The third-order valence-corrected chi connectivity index (χ3v) is 5.55. The number of aryl methyl sites for hydroxylation is 1. The number of ether oxygens (including phenoxy) is 1. The summed E-state index contributed by atoms with van der Waals surface area (Å²) in [5.41, 5.74) is -0.522. The maximum atomic E-state index is 12.6. The molecule has 1 unspecified atom stereocenters. The molecule has 0 radical (unpaired) electrons.